The second-order valence-corrected chi connectivity index (χ2v) is 8.81. The van der Waals surface area contributed by atoms with Crippen LogP contribution >= 0.6 is 24.2 Å². The van der Waals surface area contributed by atoms with Crippen LogP contribution in [0.4, 0.5) is 4.79 Å². The number of halogens is 1. The number of nitrogens with one attached hydrogen (secondary N) is 1. The SMILES string of the molecule is CNC(=O)c1ccccc1Sc1ccc2c(/C=C/c3ccccn3)nn(C(=O)OCCOCCO)c2c1.Cl. The molecule has 0 fully saturated rings. The Morgan fingerprint density at radius 1 is 1.05 bits per heavy atom. The number of fused-ring (bicyclic) bond motifs is 1. The highest BCUT2D eigenvalue weighted by atomic mass is 35.5. The molecule has 2 aromatic carbocycles. The van der Waals surface area contributed by atoms with Crippen molar-refractivity contribution in [2.45, 2.75) is 9.79 Å². The molecule has 4 rings (SSSR count). The van der Waals surface area contributed by atoms with Crippen molar-refractivity contribution in [3.05, 3.63) is 83.8 Å². The van der Waals surface area contributed by atoms with Crippen molar-refractivity contribution in [1.82, 2.24) is 20.1 Å². The highest BCUT2D eigenvalue weighted by molar-refractivity contribution is 7.99. The van der Waals surface area contributed by atoms with Gasteiger partial charge < -0.3 is 19.9 Å². The Morgan fingerprint density at radius 3 is 2.63 bits per heavy atom. The Hall–Kier alpha value is -3.70. The van der Waals surface area contributed by atoms with Crippen LogP contribution in [0.1, 0.15) is 21.7 Å². The molecule has 4 aromatic rings. The summed E-state index contributed by atoms with van der Waals surface area (Å²) in [5.74, 6) is -0.178. The predicted molar refractivity (Wildman–Crippen MR) is 149 cm³/mol. The monoisotopic (exact) mass is 554 g/mol. The van der Waals surface area contributed by atoms with E-state index in [2.05, 4.69) is 15.4 Å². The predicted octanol–water partition coefficient (Wildman–Crippen LogP) is 4.53. The van der Waals surface area contributed by atoms with E-state index < -0.39 is 6.09 Å². The summed E-state index contributed by atoms with van der Waals surface area (Å²) in [7, 11) is 1.59. The summed E-state index contributed by atoms with van der Waals surface area (Å²) in [6.45, 7) is 0.249. The van der Waals surface area contributed by atoms with E-state index in [0.717, 1.165) is 20.9 Å². The van der Waals surface area contributed by atoms with Crippen molar-refractivity contribution in [3.8, 4) is 0 Å². The maximum Gasteiger partial charge on any atom is 0.435 e. The molecule has 2 heterocycles. The lowest BCUT2D eigenvalue weighted by Gasteiger charge is -2.09. The molecule has 1 amide bonds. The Labute approximate surface area is 230 Å². The van der Waals surface area contributed by atoms with E-state index in [9.17, 15) is 9.59 Å². The molecule has 11 heteroatoms. The fourth-order valence-electron chi connectivity index (χ4n) is 3.50. The number of nitrogens with zero attached hydrogens (tertiary/aromatic N) is 3. The second kappa shape index (κ2) is 14.3. The summed E-state index contributed by atoms with van der Waals surface area (Å²) in [6.07, 6.45) is 4.67. The average Bonchev–Trinajstić information content (AvgIpc) is 3.30. The maximum absolute atomic E-state index is 12.9. The van der Waals surface area contributed by atoms with Gasteiger partial charge >= 0.3 is 6.09 Å². The van der Waals surface area contributed by atoms with Crippen molar-refractivity contribution in [3.63, 3.8) is 0 Å². The molecule has 0 unspecified atom stereocenters. The van der Waals surface area contributed by atoms with Gasteiger partial charge in [0, 0.05) is 28.4 Å². The van der Waals surface area contributed by atoms with Gasteiger partial charge in [0.2, 0.25) is 0 Å². The van der Waals surface area contributed by atoms with Crippen molar-refractivity contribution >= 4 is 59.2 Å². The number of aliphatic hydroxyl groups is 1. The molecule has 0 saturated carbocycles. The number of benzene rings is 2. The highest BCUT2D eigenvalue weighted by Crippen LogP contribution is 2.33. The van der Waals surface area contributed by atoms with Crippen LogP contribution in [0.25, 0.3) is 23.1 Å². The van der Waals surface area contributed by atoms with Crippen molar-refractivity contribution in [1.29, 1.82) is 0 Å². The molecule has 0 atom stereocenters. The van der Waals surface area contributed by atoms with Gasteiger partial charge in [-0.15, -0.1) is 12.4 Å². The van der Waals surface area contributed by atoms with Gasteiger partial charge in [0.05, 0.1) is 42.3 Å². The Morgan fingerprint density at radius 2 is 1.87 bits per heavy atom. The van der Waals surface area contributed by atoms with Crippen LogP contribution in [0.15, 0.2) is 76.7 Å². The van der Waals surface area contributed by atoms with Crippen LogP contribution in [0, 0.1) is 0 Å². The van der Waals surface area contributed by atoms with Crippen LogP contribution in [-0.4, -0.2) is 65.3 Å². The summed E-state index contributed by atoms with van der Waals surface area (Å²) < 4.78 is 11.7. The number of rotatable bonds is 10. The lowest BCUT2D eigenvalue weighted by molar-refractivity contribution is 0.0535. The van der Waals surface area contributed by atoms with Gasteiger partial charge in [-0.3, -0.25) is 9.78 Å². The topological polar surface area (TPSA) is 116 Å². The van der Waals surface area contributed by atoms with Gasteiger partial charge in [-0.2, -0.15) is 9.78 Å². The van der Waals surface area contributed by atoms with E-state index >= 15 is 0 Å². The number of carbonyl (C=O) groups is 2. The van der Waals surface area contributed by atoms with Crippen LogP contribution in [0.5, 0.6) is 0 Å². The third kappa shape index (κ3) is 7.20. The molecule has 2 aromatic heterocycles. The minimum absolute atomic E-state index is 0. The molecular weight excluding hydrogens is 528 g/mol. The van der Waals surface area contributed by atoms with Crippen molar-refractivity contribution < 1.29 is 24.2 Å². The number of hydrogen-bond donors (Lipinski definition) is 2. The van der Waals surface area contributed by atoms with E-state index in [4.69, 9.17) is 14.6 Å². The summed E-state index contributed by atoms with van der Waals surface area (Å²) in [6, 6.07) is 18.6. The first-order valence-electron chi connectivity index (χ1n) is 11.6. The zero-order valence-corrected chi connectivity index (χ0v) is 22.2. The molecule has 2 N–H and O–H groups in total. The third-order valence-corrected chi connectivity index (χ3v) is 6.29. The summed E-state index contributed by atoms with van der Waals surface area (Å²) in [4.78, 5) is 31.1. The van der Waals surface area contributed by atoms with Gasteiger partial charge in [0.1, 0.15) is 6.61 Å². The van der Waals surface area contributed by atoms with E-state index in [-0.39, 0.29) is 44.7 Å². The lowest BCUT2D eigenvalue weighted by Crippen LogP contribution is -2.18. The average molecular weight is 555 g/mol. The minimum atomic E-state index is -0.650. The third-order valence-electron chi connectivity index (χ3n) is 5.23. The fraction of sp³-hybridized carbons (Fsp3) is 0.185. The summed E-state index contributed by atoms with van der Waals surface area (Å²) in [5.41, 5.74) is 2.46. The zero-order valence-electron chi connectivity index (χ0n) is 20.6. The fourth-order valence-corrected chi connectivity index (χ4v) is 4.48. The Balaban J connectivity index is 0.00000400. The first kappa shape index (κ1) is 28.9. The van der Waals surface area contributed by atoms with Gasteiger partial charge in [-0.1, -0.05) is 30.0 Å². The number of amides is 1. The van der Waals surface area contributed by atoms with Crippen molar-refractivity contribution in [2.75, 3.05) is 33.5 Å². The zero-order chi connectivity index (χ0) is 26.0. The number of carbonyl (C=O) groups excluding carboxylic acids is 2. The van der Waals surface area contributed by atoms with Gasteiger partial charge in [0.25, 0.3) is 5.91 Å². The van der Waals surface area contributed by atoms with E-state index in [1.54, 1.807) is 25.4 Å². The van der Waals surface area contributed by atoms with Gasteiger partial charge in [-0.05, 0) is 54.6 Å². The number of aliphatic hydroxyl groups excluding tert-OH is 1. The standard InChI is InChI=1S/C27H26N4O5S.ClH/c1-28-26(33)22-7-2-3-8-25(22)37-20-10-11-21-23(12-9-19-6-4-5-13-29-19)30-31(24(21)18-20)27(34)36-17-16-35-15-14-32;/h2-13,18,32H,14-17H2,1H3,(H,28,33);1H/b12-9+;. The van der Waals surface area contributed by atoms with E-state index in [1.807, 2.05) is 60.7 Å². The summed E-state index contributed by atoms with van der Waals surface area (Å²) in [5, 5.41) is 16.7. The molecule has 0 bridgehead atoms. The molecule has 0 radical (unpaired) electrons. The summed E-state index contributed by atoms with van der Waals surface area (Å²) >= 11 is 1.41. The molecule has 0 aliphatic heterocycles. The van der Waals surface area contributed by atoms with Crippen LogP contribution in [-0.2, 0) is 9.47 Å². The van der Waals surface area contributed by atoms with Crippen LogP contribution in [0.3, 0.4) is 0 Å². The second-order valence-electron chi connectivity index (χ2n) is 7.69. The Bertz CT molecular complexity index is 1410. The number of ether oxygens (including phenoxy) is 2. The van der Waals surface area contributed by atoms with E-state index in [0.29, 0.717) is 16.8 Å². The Kier molecular flexibility index (Phi) is 10.9. The molecule has 0 aliphatic carbocycles. The number of aromatic nitrogens is 3. The quantitative estimate of drug-likeness (QED) is 0.275. The van der Waals surface area contributed by atoms with Crippen LogP contribution < -0.4 is 5.32 Å². The normalized spacial score (nSPS) is 10.9. The van der Waals surface area contributed by atoms with E-state index in [1.165, 1.54) is 16.4 Å². The van der Waals surface area contributed by atoms with Crippen LogP contribution in [0.2, 0.25) is 0 Å². The lowest BCUT2D eigenvalue weighted by atomic mass is 10.2. The maximum atomic E-state index is 12.9. The smallest absolute Gasteiger partial charge is 0.435 e. The van der Waals surface area contributed by atoms with Gasteiger partial charge in [-0.25, -0.2) is 4.79 Å². The molecule has 38 heavy (non-hydrogen) atoms. The molecule has 0 aliphatic rings. The molecule has 0 saturated heterocycles. The molecule has 9 nitrogen and oxygen atoms in total. The van der Waals surface area contributed by atoms with Gasteiger partial charge in [0.15, 0.2) is 0 Å². The first-order chi connectivity index (χ1) is 18.1. The largest absolute Gasteiger partial charge is 0.445 e. The molecular formula is C27H27ClN4O5S. The number of hydrogen-bond acceptors (Lipinski definition) is 8. The first-order valence-corrected chi connectivity index (χ1v) is 12.4. The molecule has 198 valence electrons. The van der Waals surface area contributed by atoms with Crippen molar-refractivity contribution in [2.24, 2.45) is 0 Å². The minimum Gasteiger partial charge on any atom is -0.445 e. The molecule has 0 spiro atoms. The number of pyridine rings is 1. The highest BCUT2D eigenvalue weighted by Gasteiger charge is 2.18.